The van der Waals surface area contributed by atoms with Crippen molar-refractivity contribution >= 4 is 34.8 Å². The highest BCUT2D eigenvalue weighted by atomic mass is 35.5. The monoisotopic (exact) mass is 406 g/mol. The number of hydrogen-bond acceptors (Lipinski definition) is 2. The summed E-state index contributed by atoms with van der Waals surface area (Å²) in [6, 6.07) is 9.63. The molecule has 2 aromatic rings. The average molecular weight is 407 g/mol. The van der Waals surface area contributed by atoms with Gasteiger partial charge in [0.1, 0.15) is 5.82 Å². The van der Waals surface area contributed by atoms with Gasteiger partial charge >= 0.3 is 0 Å². The van der Waals surface area contributed by atoms with Gasteiger partial charge in [0.25, 0.3) is 5.91 Å². The molecule has 4 rings (SSSR count). The number of halogens is 3. The van der Waals surface area contributed by atoms with E-state index >= 15 is 0 Å². The van der Waals surface area contributed by atoms with E-state index in [0.29, 0.717) is 22.2 Å². The van der Waals surface area contributed by atoms with Crippen LogP contribution in [-0.2, 0) is 5.41 Å². The smallest absolute Gasteiger partial charge is 0.259 e. The number of amides is 1. The molecule has 0 unspecified atom stereocenters. The van der Waals surface area contributed by atoms with E-state index < -0.39 is 0 Å². The van der Waals surface area contributed by atoms with E-state index in [4.69, 9.17) is 23.2 Å². The number of likely N-dealkylation sites (tertiary alicyclic amines) is 1. The van der Waals surface area contributed by atoms with Gasteiger partial charge in [-0.2, -0.15) is 0 Å². The fraction of sp³-hybridized carbons (Fsp3) is 0.381. The van der Waals surface area contributed by atoms with E-state index in [9.17, 15) is 9.18 Å². The van der Waals surface area contributed by atoms with E-state index in [0.717, 1.165) is 43.7 Å². The highest BCUT2D eigenvalue weighted by Crippen LogP contribution is 2.48. The molecule has 2 heterocycles. The van der Waals surface area contributed by atoms with Crippen LogP contribution < -0.4 is 4.90 Å². The van der Waals surface area contributed by atoms with Crippen molar-refractivity contribution in [1.82, 2.24) is 4.90 Å². The van der Waals surface area contributed by atoms with Crippen LogP contribution in [0.15, 0.2) is 36.4 Å². The Labute approximate surface area is 168 Å². The standard InChI is InChI=1S/C21H21Cl2FN2O/c1-2-25-9-7-21(8-10-25)13-26(19-6-4-15(24)12-17(19)21)20(27)16-5-3-14(22)11-18(16)23/h3-6,11-12H,2,7-10,13H2,1H3. The Morgan fingerprint density at radius 3 is 2.56 bits per heavy atom. The van der Waals surface area contributed by atoms with E-state index in [-0.39, 0.29) is 17.1 Å². The van der Waals surface area contributed by atoms with Gasteiger partial charge in [-0.25, -0.2) is 4.39 Å². The molecule has 142 valence electrons. The molecule has 0 bridgehead atoms. The van der Waals surface area contributed by atoms with Gasteiger partial charge in [0.15, 0.2) is 0 Å². The zero-order chi connectivity index (χ0) is 19.2. The van der Waals surface area contributed by atoms with Gasteiger partial charge in [-0.1, -0.05) is 30.1 Å². The molecule has 27 heavy (non-hydrogen) atoms. The van der Waals surface area contributed by atoms with Crippen LogP contribution in [0.5, 0.6) is 0 Å². The number of nitrogens with zero attached hydrogens (tertiary/aromatic N) is 2. The third-order valence-electron chi connectivity index (χ3n) is 5.95. The van der Waals surface area contributed by atoms with E-state index in [2.05, 4.69) is 11.8 Å². The second-order valence-electron chi connectivity index (χ2n) is 7.39. The van der Waals surface area contributed by atoms with Crippen LogP contribution in [0.3, 0.4) is 0 Å². The van der Waals surface area contributed by atoms with Crippen molar-refractivity contribution in [3.63, 3.8) is 0 Å². The van der Waals surface area contributed by atoms with Gasteiger partial charge in [0.2, 0.25) is 0 Å². The lowest BCUT2D eigenvalue weighted by Crippen LogP contribution is -2.46. The van der Waals surface area contributed by atoms with Gasteiger partial charge in [0, 0.05) is 22.7 Å². The molecular formula is C21H21Cl2FN2O. The molecule has 1 saturated heterocycles. The molecule has 3 nitrogen and oxygen atoms in total. The maximum Gasteiger partial charge on any atom is 0.259 e. The first-order valence-electron chi connectivity index (χ1n) is 9.23. The molecule has 2 aliphatic rings. The van der Waals surface area contributed by atoms with Crippen LogP contribution in [0, 0.1) is 5.82 Å². The molecule has 0 radical (unpaired) electrons. The summed E-state index contributed by atoms with van der Waals surface area (Å²) in [5.74, 6) is -0.427. The zero-order valence-corrected chi connectivity index (χ0v) is 16.7. The SMILES string of the molecule is CCN1CCC2(CC1)CN(C(=O)c1ccc(Cl)cc1Cl)c1ccc(F)cc12. The quantitative estimate of drug-likeness (QED) is 0.688. The minimum atomic E-state index is -0.259. The number of fused-ring (bicyclic) bond motifs is 2. The van der Waals surface area contributed by atoms with E-state index in [1.54, 1.807) is 35.2 Å². The van der Waals surface area contributed by atoms with Gasteiger partial charge in [-0.3, -0.25) is 4.79 Å². The first-order valence-corrected chi connectivity index (χ1v) is 9.98. The van der Waals surface area contributed by atoms with Crippen molar-refractivity contribution in [2.75, 3.05) is 31.1 Å². The molecule has 2 aromatic carbocycles. The number of rotatable bonds is 2. The summed E-state index contributed by atoms with van der Waals surface area (Å²) >= 11 is 12.2. The second kappa shape index (κ2) is 7.08. The molecule has 2 aliphatic heterocycles. The largest absolute Gasteiger partial charge is 0.307 e. The molecule has 0 aromatic heterocycles. The van der Waals surface area contributed by atoms with Crippen molar-refractivity contribution in [2.24, 2.45) is 0 Å². The number of piperidine rings is 1. The first-order chi connectivity index (χ1) is 12.9. The van der Waals surface area contributed by atoms with Crippen molar-refractivity contribution in [2.45, 2.75) is 25.2 Å². The lowest BCUT2D eigenvalue weighted by Gasteiger charge is -2.39. The molecule has 1 amide bonds. The third kappa shape index (κ3) is 3.24. The van der Waals surface area contributed by atoms with Crippen LogP contribution in [0.25, 0.3) is 0 Å². The van der Waals surface area contributed by atoms with Gasteiger partial charge in [0.05, 0.1) is 10.6 Å². The number of carbonyl (C=O) groups excluding carboxylic acids is 1. The predicted octanol–water partition coefficient (Wildman–Crippen LogP) is 5.15. The van der Waals surface area contributed by atoms with Crippen LogP contribution in [0.1, 0.15) is 35.7 Å². The Morgan fingerprint density at radius 2 is 1.89 bits per heavy atom. The molecule has 0 atom stereocenters. The van der Waals surface area contributed by atoms with Gasteiger partial charge < -0.3 is 9.80 Å². The molecule has 1 spiro atoms. The average Bonchev–Trinajstić information content (AvgIpc) is 2.96. The lowest BCUT2D eigenvalue weighted by molar-refractivity contribution is 0.0977. The minimum absolute atomic E-state index is 0.167. The fourth-order valence-electron chi connectivity index (χ4n) is 4.36. The Morgan fingerprint density at radius 1 is 1.15 bits per heavy atom. The first kappa shape index (κ1) is 18.7. The summed E-state index contributed by atoms with van der Waals surface area (Å²) in [6.07, 6.45) is 1.82. The summed E-state index contributed by atoms with van der Waals surface area (Å²) in [4.78, 5) is 17.4. The lowest BCUT2D eigenvalue weighted by atomic mass is 9.74. The normalized spacial score (nSPS) is 18.7. The number of hydrogen-bond donors (Lipinski definition) is 0. The minimum Gasteiger partial charge on any atom is -0.307 e. The van der Waals surface area contributed by atoms with Gasteiger partial charge in [-0.05, 0) is 74.4 Å². The Balaban J connectivity index is 1.72. The highest BCUT2D eigenvalue weighted by Gasteiger charge is 2.46. The van der Waals surface area contributed by atoms with Crippen LogP contribution in [0.4, 0.5) is 10.1 Å². The maximum absolute atomic E-state index is 14.1. The summed E-state index contributed by atoms with van der Waals surface area (Å²) in [7, 11) is 0. The molecule has 0 aliphatic carbocycles. The van der Waals surface area contributed by atoms with Crippen LogP contribution in [0.2, 0.25) is 10.0 Å². The summed E-state index contributed by atoms with van der Waals surface area (Å²) in [5, 5.41) is 0.821. The fourth-order valence-corrected chi connectivity index (χ4v) is 4.85. The topological polar surface area (TPSA) is 23.6 Å². The molecule has 0 saturated carbocycles. The van der Waals surface area contributed by atoms with Crippen molar-refractivity contribution in [3.8, 4) is 0 Å². The Bertz CT molecular complexity index is 894. The summed E-state index contributed by atoms with van der Waals surface area (Å²) in [6.45, 7) is 5.63. The Hall–Kier alpha value is -1.62. The summed E-state index contributed by atoms with van der Waals surface area (Å²) < 4.78 is 14.1. The second-order valence-corrected chi connectivity index (χ2v) is 8.24. The number of anilines is 1. The van der Waals surface area contributed by atoms with Crippen molar-refractivity contribution < 1.29 is 9.18 Å². The van der Waals surface area contributed by atoms with Crippen molar-refractivity contribution in [3.05, 3.63) is 63.4 Å². The van der Waals surface area contributed by atoms with E-state index in [1.165, 1.54) is 6.07 Å². The number of benzene rings is 2. The van der Waals surface area contributed by atoms with Crippen LogP contribution >= 0.6 is 23.2 Å². The molecular weight excluding hydrogens is 386 g/mol. The van der Waals surface area contributed by atoms with Crippen molar-refractivity contribution in [1.29, 1.82) is 0 Å². The highest BCUT2D eigenvalue weighted by molar-refractivity contribution is 6.37. The van der Waals surface area contributed by atoms with E-state index in [1.807, 2.05) is 0 Å². The predicted molar refractivity (Wildman–Crippen MR) is 108 cm³/mol. The molecule has 1 fully saturated rings. The van der Waals surface area contributed by atoms with Crippen LogP contribution in [-0.4, -0.2) is 37.0 Å². The molecule has 6 heteroatoms. The zero-order valence-electron chi connectivity index (χ0n) is 15.1. The molecule has 0 N–H and O–H groups in total. The Kier molecular flexibility index (Phi) is 4.91. The third-order valence-corrected chi connectivity index (χ3v) is 6.50. The number of carbonyl (C=O) groups is 1. The summed E-state index contributed by atoms with van der Waals surface area (Å²) in [5.41, 5.74) is 1.95. The van der Waals surface area contributed by atoms with Gasteiger partial charge in [-0.15, -0.1) is 0 Å². The maximum atomic E-state index is 14.1.